The highest BCUT2D eigenvalue weighted by Crippen LogP contribution is 2.23. The van der Waals surface area contributed by atoms with Crippen molar-refractivity contribution in [1.82, 2.24) is 14.9 Å². The van der Waals surface area contributed by atoms with Gasteiger partial charge in [-0.2, -0.15) is 0 Å². The van der Waals surface area contributed by atoms with Gasteiger partial charge >= 0.3 is 0 Å². The Hall–Kier alpha value is -1.85. The summed E-state index contributed by atoms with van der Waals surface area (Å²) in [7, 11) is 1.86. The molecule has 0 fully saturated rings. The number of benzene rings is 1. The quantitative estimate of drug-likeness (QED) is 0.868. The fourth-order valence-electron chi connectivity index (χ4n) is 2.33. The van der Waals surface area contributed by atoms with E-state index in [1.165, 1.54) is 0 Å². The number of imidazole rings is 1. The molecule has 20 heavy (non-hydrogen) atoms. The number of aryl methyl sites for hydroxylation is 1. The largest absolute Gasteiger partial charge is 0.340 e. The molecule has 2 heterocycles. The summed E-state index contributed by atoms with van der Waals surface area (Å²) in [5.41, 5.74) is 2.60. The highest BCUT2D eigenvalue weighted by Gasteiger charge is 2.23. The van der Waals surface area contributed by atoms with Crippen molar-refractivity contribution >= 4 is 24.0 Å². The van der Waals surface area contributed by atoms with Crippen LogP contribution in [0.25, 0.3) is 0 Å². The first kappa shape index (κ1) is 14.6. The molecule has 106 valence electrons. The van der Waals surface area contributed by atoms with Gasteiger partial charge in [0.1, 0.15) is 5.69 Å². The predicted molar refractivity (Wildman–Crippen MR) is 80.3 cm³/mol. The smallest absolute Gasteiger partial charge is 0.278 e. The molecule has 1 aromatic carbocycles. The van der Waals surface area contributed by atoms with Crippen LogP contribution in [-0.4, -0.2) is 28.5 Å². The number of anilines is 1. The van der Waals surface area contributed by atoms with E-state index >= 15 is 0 Å². The Morgan fingerprint density at radius 1 is 1.35 bits per heavy atom. The van der Waals surface area contributed by atoms with E-state index in [-0.39, 0.29) is 18.3 Å². The number of carbonyl (C=O) groups excluding carboxylic acids is 1. The van der Waals surface area contributed by atoms with Crippen molar-refractivity contribution in [1.29, 1.82) is 0 Å². The molecule has 1 aromatic heterocycles. The van der Waals surface area contributed by atoms with Crippen LogP contribution in [0.3, 0.4) is 0 Å². The number of carbonyl (C=O) groups is 1. The molecule has 0 bridgehead atoms. The third kappa shape index (κ3) is 2.69. The highest BCUT2D eigenvalue weighted by molar-refractivity contribution is 6.05. The van der Waals surface area contributed by atoms with E-state index in [0.717, 1.165) is 24.3 Å². The highest BCUT2D eigenvalue weighted by atomic mass is 35.5. The number of hydrogen-bond donors (Lipinski definition) is 1. The second kappa shape index (κ2) is 6.07. The molecule has 1 amide bonds. The lowest BCUT2D eigenvalue weighted by atomic mass is 10.1. The van der Waals surface area contributed by atoms with E-state index in [2.05, 4.69) is 10.3 Å². The Kier molecular flexibility index (Phi) is 4.42. The zero-order valence-electron chi connectivity index (χ0n) is 11.2. The molecular formula is C14H17ClN4O. The Morgan fingerprint density at radius 3 is 2.90 bits per heavy atom. The number of rotatable bonds is 1. The fourth-order valence-corrected chi connectivity index (χ4v) is 2.33. The van der Waals surface area contributed by atoms with Gasteiger partial charge in [-0.15, -0.1) is 12.4 Å². The number of hydrogen-bond acceptors (Lipinski definition) is 3. The number of nitrogens with one attached hydrogen (secondary N) is 1. The summed E-state index contributed by atoms with van der Waals surface area (Å²) in [6.07, 6.45) is 3.40. The van der Waals surface area contributed by atoms with Gasteiger partial charge in [0.2, 0.25) is 0 Å². The van der Waals surface area contributed by atoms with Crippen molar-refractivity contribution in [3.05, 3.63) is 48.0 Å². The van der Waals surface area contributed by atoms with Crippen LogP contribution in [0.1, 0.15) is 16.1 Å². The molecule has 2 aromatic rings. The number of amides is 1. The molecule has 1 aliphatic rings. The normalized spacial score (nSPS) is 14.2. The maximum absolute atomic E-state index is 12.6. The van der Waals surface area contributed by atoms with Crippen LogP contribution in [0.4, 0.5) is 5.69 Å². The van der Waals surface area contributed by atoms with Crippen LogP contribution in [0.2, 0.25) is 0 Å². The third-order valence-electron chi connectivity index (χ3n) is 3.28. The van der Waals surface area contributed by atoms with Gasteiger partial charge in [0, 0.05) is 38.6 Å². The lowest BCUT2D eigenvalue weighted by molar-refractivity contribution is 0.0983. The van der Waals surface area contributed by atoms with Crippen molar-refractivity contribution in [2.24, 2.45) is 7.05 Å². The van der Waals surface area contributed by atoms with Gasteiger partial charge in [-0.1, -0.05) is 18.2 Å². The molecule has 0 saturated carbocycles. The lowest BCUT2D eigenvalue weighted by Crippen LogP contribution is -2.34. The van der Waals surface area contributed by atoms with E-state index in [1.807, 2.05) is 31.3 Å². The van der Waals surface area contributed by atoms with Crippen LogP contribution in [0, 0.1) is 0 Å². The SMILES string of the molecule is Cl.Cn1cnc(C(=O)N2CCNCc3ccccc32)c1. The van der Waals surface area contributed by atoms with Crippen molar-refractivity contribution in [3.8, 4) is 0 Å². The van der Waals surface area contributed by atoms with E-state index in [9.17, 15) is 4.79 Å². The second-order valence-electron chi connectivity index (χ2n) is 4.69. The van der Waals surface area contributed by atoms with E-state index in [0.29, 0.717) is 12.2 Å². The summed E-state index contributed by atoms with van der Waals surface area (Å²) >= 11 is 0. The summed E-state index contributed by atoms with van der Waals surface area (Å²) < 4.78 is 1.79. The maximum Gasteiger partial charge on any atom is 0.278 e. The third-order valence-corrected chi connectivity index (χ3v) is 3.28. The molecule has 0 saturated heterocycles. The zero-order chi connectivity index (χ0) is 13.2. The molecule has 0 atom stereocenters. The van der Waals surface area contributed by atoms with Crippen LogP contribution in [0.15, 0.2) is 36.8 Å². The second-order valence-corrected chi connectivity index (χ2v) is 4.69. The maximum atomic E-state index is 12.6. The summed E-state index contributed by atoms with van der Waals surface area (Å²) in [5.74, 6) is -0.0447. The molecular weight excluding hydrogens is 276 g/mol. The first-order valence-electron chi connectivity index (χ1n) is 6.34. The minimum Gasteiger partial charge on any atom is -0.340 e. The molecule has 5 nitrogen and oxygen atoms in total. The van der Waals surface area contributed by atoms with Crippen LogP contribution in [0.5, 0.6) is 0 Å². The zero-order valence-corrected chi connectivity index (χ0v) is 12.1. The average Bonchev–Trinajstić information content (AvgIpc) is 2.74. The Balaban J connectivity index is 0.00000147. The summed E-state index contributed by atoms with van der Waals surface area (Å²) in [6.45, 7) is 2.24. The van der Waals surface area contributed by atoms with E-state index in [4.69, 9.17) is 0 Å². The standard InChI is InChI=1S/C14H16N4O.ClH/c1-17-9-12(16-10-17)14(19)18-7-6-15-8-11-4-2-3-5-13(11)18;/h2-5,9-10,15H,6-8H2,1H3;1H. The van der Waals surface area contributed by atoms with Gasteiger partial charge in [-0.05, 0) is 11.6 Å². The fraction of sp³-hybridized carbons (Fsp3) is 0.286. The van der Waals surface area contributed by atoms with Gasteiger partial charge < -0.3 is 14.8 Å². The van der Waals surface area contributed by atoms with Gasteiger partial charge in [-0.3, -0.25) is 4.79 Å². The summed E-state index contributed by atoms with van der Waals surface area (Å²) in [6, 6.07) is 7.99. The Morgan fingerprint density at radius 2 is 2.15 bits per heavy atom. The Labute approximate surface area is 124 Å². The molecule has 0 aliphatic carbocycles. The van der Waals surface area contributed by atoms with Crippen molar-refractivity contribution in [2.45, 2.75) is 6.54 Å². The number of fused-ring (bicyclic) bond motifs is 1. The topological polar surface area (TPSA) is 50.2 Å². The number of nitrogens with zero attached hydrogens (tertiary/aromatic N) is 3. The van der Waals surface area contributed by atoms with Crippen molar-refractivity contribution in [3.63, 3.8) is 0 Å². The summed E-state index contributed by atoms with van der Waals surface area (Å²) in [4.78, 5) is 18.5. The molecule has 0 radical (unpaired) electrons. The molecule has 0 spiro atoms. The molecule has 1 aliphatic heterocycles. The van der Waals surface area contributed by atoms with Crippen LogP contribution >= 0.6 is 12.4 Å². The first-order chi connectivity index (χ1) is 9.25. The minimum atomic E-state index is -0.0447. The number of aromatic nitrogens is 2. The Bertz CT molecular complexity index is 611. The number of halogens is 1. The van der Waals surface area contributed by atoms with E-state index in [1.54, 1.807) is 22.0 Å². The lowest BCUT2D eigenvalue weighted by Gasteiger charge is -2.21. The van der Waals surface area contributed by atoms with Crippen molar-refractivity contribution < 1.29 is 4.79 Å². The predicted octanol–water partition coefficient (Wildman–Crippen LogP) is 1.59. The van der Waals surface area contributed by atoms with Gasteiger partial charge in [0.05, 0.1) is 6.33 Å². The number of para-hydroxylation sites is 1. The molecule has 0 unspecified atom stereocenters. The molecule has 1 N–H and O–H groups in total. The van der Waals surface area contributed by atoms with Crippen LogP contribution in [-0.2, 0) is 13.6 Å². The van der Waals surface area contributed by atoms with E-state index < -0.39 is 0 Å². The molecule has 6 heteroatoms. The first-order valence-corrected chi connectivity index (χ1v) is 6.34. The average molecular weight is 293 g/mol. The van der Waals surface area contributed by atoms with Gasteiger partial charge in [0.25, 0.3) is 5.91 Å². The van der Waals surface area contributed by atoms with Gasteiger partial charge in [-0.25, -0.2) is 4.98 Å². The van der Waals surface area contributed by atoms with Crippen LogP contribution < -0.4 is 10.2 Å². The van der Waals surface area contributed by atoms with Crippen molar-refractivity contribution in [2.75, 3.05) is 18.0 Å². The monoisotopic (exact) mass is 292 g/mol. The van der Waals surface area contributed by atoms with Gasteiger partial charge in [0.15, 0.2) is 0 Å². The minimum absolute atomic E-state index is 0. The summed E-state index contributed by atoms with van der Waals surface area (Å²) in [5, 5.41) is 3.33. The molecule has 3 rings (SSSR count).